The number of nitriles is 1. The largest absolute Gasteiger partial charge is 0.394 e. The van der Waals surface area contributed by atoms with E-state index in [1.54, 1.807) is 6.07 Å². The smallest absolute Gasteiger partial charge is 0.100 e. The Hall–Kier alpha value is 0.820. The molecule has 6 heteroatoms. The van der Waals surface area contributed by atoms with Crippen LogP contribution >= 0.6 is 67.8 Å². The summed E-state index contributed by atoms with van der Waals surface area (Å²) in [7, 11) is 0. The van der Waals surface area contributed by atoms with Crippen LogP contribution in [0.3, 0.4) is 0 Å². The van der Waals surface area contributed by atoms with Crippen LogP contribution in [-0.2, 0) is 6.42 Å². The van der Waals surface area contributed by atoms with Gasteiger partial charge in [-0.3, -0.25) is 0 Å². The first-order valence-electron chi connectivity index (χ1n) is 4.36. The number of halogens is 3. The van der Waals surface area contributed by atoms with Crippen molar-refractivity contribution in [3.8, 4) is 6.07 Å². The Kier molecular flexibility index (Phi) is 6.20. The van der Waals surface area contributed by atoms with Crippen molar-refractivity contribution < 1.29 is 10.2 Å². The fourth-order valence-electron chi connectivity index (χ4n) is 1.20. The number of hydrogen-bond donors (Lipinski definition) is 2. The second kappa shape index (κ2) is 6.67. The fraction of sp³-hybridized carbons (Fsp3) is 0.300. The molecule has 1 unspecified atom stereocenters. The summed E-state index contributed by atoms with van der Waals surface area (Å²) >= 11 is 6.53. The standard InChI is InChI=1S/C10H8I3NO2/c11-8-5(2-7(16)4-15)1-6(3-14)9(12)10(8)13/h1,7,15-16H,2,4H2. The Bertz CT molecular complexity index is 443. The van der Waals surface area contributed by atoms with Gasteiger partial charge in [-0.1, -0.05) is 0 Å². The number of benzene rings is 1. The van der Waals surface area contributed by atoms with Gasteiger partial charge in [0.05, 0.1) is 18.3 Å². The van der Waals surface area contributed by atoms with Gasteiger partial charge in [-0.15, -0.1) is 0 Å². The van der Waals surface area contributed by atoms with Crippen LogP contribution in [0.4, 0.5) is 0 Å². The summed E-state index contributed by atoms with van der Waals surface area (Å²) in [6.07, 6.45) is -0.396. The molecule has 0 bridgehead atoms. The van der Waals surface area contributed by atoms with Crippen LogP contribution in [0.25, 0.3) is 0 Å². The van der Waals surface area contributed by atoms with Gasteiger partial charge >= 0.3 is 0 Å². The molecule has 0 spiro atoms. The second-order valence-corrected chi connectivity index (χ2v) is 6.41. The Labute approximate surface area is 135 Å². The van der Waals surface area contributed by atoms with Crippen molar-refractivity contribution in [2.75, 3.05) is 6.61 Å². The Balaban J connectivity index is 3.21. The quantitative estimate of drug-likeness (QED) is 0.445. The number of aliphatic hydroxyl groups is 2. The molecule has 3 nitrogen and oxygen atoms in total. The van der Waals surface area contributed by atoms with Crippen LogP contribution in [0.1, 0.15) is 11.1 Å². The van der Waals surface area contributed by atoms with Crippen LogP contribution < -0.4 is 0 Å². The number of rotatable bonds is 3. The molecular weight excluding hydrogens is 547 g/mol. The van der Waals surface area contributed by atoms with Gasteiger partial charge in [0.1, 0.15) is 6.07 Å². The third-order valence-corrected chi connectivity index (χ3v) is 7.50. The lowest BCUT2D eigenvalue weighted by Gasteiger charge is -2.12. The van der Waals surface area contributed by atoms with E-state index in [4.69, 9.17) is 10.4 Å². The fourth-order valence-corrected chi connectivity index (χ4v) is 3.55. The highest BCUT2D eigenvalue weighted by molar-refractivity contribution is 14.1. The number of nitrogens with zero attached hydrogens (tertiary/aromatic N) is 1. The Morgan fingerprint density at radius 2 is 1.88 bits per heavy atom. The van der Waals surface area contributed by atoms with E-state index in [-0.39, 0.29) is 6.61 Å². The first-order valence-corrected chi connectivity index (χ1v) is 7.60. The lowest BCUT2D eigenvalue weighted by atomic mass is 10.1. The van der Waals surface area contributed by atoms with Crippen molar-refractivity contribution in [2.24, 2.45) is 0 Å². The van der Waals surface area contributed by atoms with E-state index >= 15 is 0 Å². The summed E-state index contributed by atoms with van der Waals surface area (Å²) in [4.78, 5) is 0. The average Bonchev–Trinajstić information content (AvgIpc) is 2.29. The van der Waals surface area contributed by atoms with E-state index in [9.17, 15) is 5.11 Å². The number of aliphatic hydroxyl groups excluding tert-OH is 2. The Morgan fingerprint density at radius 3 is 2.38 bits per heavy atom. The zero-order valence-corrected chi connectivity index (χ0v) is 14.5. The predicted molar refractivity (Wildman–Crippen MR) is 86.1 cm³/mol. The minimum Gasteiger partial charge on any atom is -0.394 e. The zero-order chi connectivity index (χ0) is 12.3. The van der Waals surface area contributed by atoms with Crippen LogP contribution in [0, 0.1) is 22.0 Å². The lowest BCUT2D eigenvalue weighted by molar-refractivity contribution is 0.0953. The molecule has 0 saturated carbocycles. The normalized spacial score (nSPS) is 12.2. The predicted octanol–water partition coefficient (Wildman–Crippen LogP) is 2.27. The van der Waals surface area contributed by atoms with E-state index in [0.29, 0.717) is 12.0 Å². The van der Waals surface area contributed by atoms with Crippen molar-refractivity contribution in [2.45, 2.75) is 12.5 Å². The lowest BCUT2D eigenvalue weighted by Crippen LogP contribution is -2.16. The molecule has 0 saturated heterocycles. The average molecular weight is 555 g/mol. The monoisotopic (exact) mass is 555 g/mol. The van der Waals surface area contributed by atoms with Crippen LogP contribution in [0.15, 0.2) is 6.07 Å². The summed E-state index contributed by atoms with van der Waals surface area (Å²) in [5, 5.41) is 27.2. The highest BCUT2D eigenvalue weighted by Crippen LogP contribution is 2.28. The molecule has 1 aromatic rings. The molecule has 16 heavy (non-hydrogen) atoms. The summed E-state index contributed by atoms with van der Waals surface area (Å²) in [6, 6.07) is 3.92. The summed E-state index contributed by atoms with van der Waals surface area (Å²) in [6.45, 7) is -0.263. The Morgan fingerprint density at radius 1 is 1.25 bits per heavy atom. The van der Waals surface area contributed by atoms with Crippen molar-refractivity contribution in [1.29, 1.82) is 5.26 Å². The van der Waals surface area contributed by atoms with Crippen LogP contribution in [0.5, 0.6) is 0 Å². The molecule has 86 valence electrons. The minimum atomic E-state index is -0.768. The van der Waals surface area contributed by atoms with E-state index < -0.39 is 6.10 Å². The number of hydrogen-bond acceptors (Lipinski definition) is 3. The van der Waals surface area contributed by atoms with Gasteiger partial charge in [-0.05, 0) is 79.4 Å². The molecule has 0 amide bonds. The van der Waals surface area contributed by atoms with Gasteiger partial charge in [-0.2, -0.15) is 5.26 Å². The zero-order valence-electron chi connectivity index (χ0n) is 8.04. The summed E-state index contributed by atoms with van der Waals surface area (Å²) in [5.74, 6) is 0. The highest BCUT2D eigenvalue weighted by Gasteiger charge is 2.15. The maximum Gasteiger partial charge on any atom is 0.100 e. The van der Waals surface area contributed by atoms with Gasteiger partial charge < -0.3 is 10.2 Å². The van der Waals surface area contributed by atoms with Crippen molar-refractivity contribution in [3.63, 3.8) is 0 Å². The minimum absolute atomic E-state index is 0.263. The second-order valence-electron chi connectivity index (χ2n) is 3.18. The maximum atomic E-state index is 9.42. The van der Waals surface area contributed by atoms with Crippen LogP contribution in [-0.4, -0.2) is 22.9 Å². The van der Waals surface area contributed by atoms with Gasteiger partial charge in [-0.25, -0.2) is 0 Å². The van der Waals surface area contributed by atoms with Gasteiger partial charge in [0.25, 0.3) is 0 Å². The highest BCUT2D eigenvalue weighted by atomic mass is 127. The topological polar surface area (TPSA) is 64.2 Å². The SMILES string of the molecule is N#Cc1cc(CC(O)CO)c(I)c(I)c1I. The molecule has 1 aromatic carbocycles. The molecule has 0 aliphatic rings. The maximum absolute atomic E-state index is 9.42. The molecule has 1 rings (SSSR count). The van der Waals surface area contributed by atoms with E-state index in [1.807, 2.05) is 0 Å². The van der Waals surface area contributed by atoms with Gasteiger partial charge in [0, 0.05) is 17.1 Å². The van der Waals surface area contributed by atoms with E-state index in [0.717, 1.165) is 16.3 Å². The molecular formula is C10H8I3NO2. The third-order valence-electron chi connectivity index (χ3n) is 2.01. The molecule has 0 aliphatic carbocycles. The van der Waals surface area contributed by atoms with E-state index in [2.05, 4.69) is 73.8 Å². The molecule has 0 heterocycles. The van der Waals surface area contributed by atoms with Gasteiger partial charge in [0.15, 0.2) is 0 Å². The summed E-state index contributed by atoms with van der Waals surface area (Å²) in [5.41, 5.74) is 1.52. The first-order chi connectivity index (χ1) is 7.51. The van der Waals surface area contributed by atoms with Crippen molar-refractivity contribution >= 4 is 67.8 Å². The summed E-state index contributed by atoms with van der Waals surface area (Å²) < 4.78 is 3.00. The van der Waals surface area contributed by atoms with Crippen LogP contribution in [0.2, 0.25) is 0 Å². The molecule has 1 atom stereocenters. The third kappa shape index (κ3) is 3.41. The molecule has 0 fully saturated rings. The van der Waals surface area contributed by atoms with E-state index in [1.165, 1.54) is 0 Å². The molecule has 0 aliphatic heterocycles. The molecule has 2 N–H and O–H groups in total. The first kappa shape index (κ1) is 14.9. The molecule has 0 aromatic heterocycles. The van der Waals surface area contributed by atoms with Crippen molar-refractivity contribution in [3.05, 3.63) is 27.9 Å². The molecule has 0 radical (unpaired) electrons. The van der Waals surface area contributed by atoms with Gasteiger partial charge in [0.2, 0.25) is 0 Å². The van der Waals surface area contributed by atoms with Crippen molar-refractivity contribution in [1.82, 2.24) is 0 Å².